The largest absolute Gasteiger partial charge is 0.459 e. The number of esters is 1. The highest BCUT2D eigenvalue weighted by Gasteiger charge is 2.30. The average Bonchev–Trinajstić information content (AvgIpc) is 2.87. The third-order valence-electron chi connectivity index (χ3n) is 2.55. The molecule has 112 valence electrons. The van der Waals surface area contributed by atoms with Crippen LogP contribution in [0.15, 0.2) is 28.7 Å². The van der Waals surface area contributed by atoms with Crippen LogP contribution in [0.3, 0.4) is 0 Å². The SMILES string of the molecule is CCOC(=O)c1nnc(Cc2ccc(C(F)(F)F)cc2)o1. The van der Waals surface area contributed by atoms with Crippen molar-refractivity contribution >= 4 is 5.97 Å². The van der Waals surface area contributed by atoms with Gasteiger partial charge in [-0.05, 0) is 24.6 Å². The van der Waals surface area contributed by atoms with E-state index in [0.29, 0.717) is 5.56 Å². The van der Waals surface area contributed by atoms with Crippen molar-refractivity contribution in [2.24, 2.45) is 0 Å². The van der Waals surface area contributed by atoms with Gasteiger partial charge in [-0.1, -0.05) is 12.1 Å². The van der Waals surface area contributed by atoms with Crippen LogP contribution in [0.5, 0.6) is 0 Å². The smallest absolute Gasteiger partial charge is 0.416 e. The summed E-state index contributed by atoms with van der Waals surface area (Å²) in [7, 11) is 0. The van der Waals surface area contributed by atoms with Crippen molar-refractivity contribution in [3.63, 3.8) is 0 Å². The van der Waals surface area contributed by atoms with Gasteiger partial charge >= 0.3 is 18.0 Å². The molecule has 1 aromatic carbocycles. The highest BCUT2D eigenvalue weighted by atomic mass is 19.4. The summed E-state index contributed by atoms with van der Waals surface area (Å²) >= 11 is 0. The van der Waals surface area contributed by atoms with E-state index in [1.165, 1.54) is 12.1 Å². The van der Waals surface area contributed by atoms with Crippen LogP contribution >= 0.6 is 0 Å². The van der Waals surface area contributed by atoms with Crippen molar-refractivity contribution in [1.29, 1.82) is 0 Å². The van der Waals surface area contributed by atoms with Gasteiger partial charge in [-0.15, -0.1) is 10.2 Å². The van der Waals surface area contributed by atoms with E-state index in [0.717, 1.165) is 12.1 Å². The maximum absolute atomic E-state index is 12.4. The maximum atomic E-state index is 12.4. The Kier molecular flexibility index (Phi) is 4.25. The van der Waals surface area contributed by atoms with Crippen molar-refractivity contribution in [2.45, 2.75) is 19.5 Å². The molecule has 2 aromatic rings. The Morgan fingerprint density at radius 3 is 2.48 bits per heavy atom. The lowest BCUT2D eigenvalue weighted by Gasteiger charge is -2.06. The quantitative estimate of drug-likeness (QED) is 0.812. The molecule has 0 atom stereocenters. The molecular formula is C13H11F3N2O3. The minimum atomic E-state index is -4.37. The van der Waals surface area contributed by atoms with E-state index in [-0.39, 0.29) is 24.8 Å². The molecule has 8 heteroatoms. The van der Waals surface area contributed by atoms with E-state index in [2.05, 4.69) is 14.9 Å². The lowest BCUT2D eigenvalue weighted by atomic mass is 10.1. The summed E-state index contributed by atoms with van der Waals surface area (Å²) in [5.41, 5.74) is -0.175. The Morgan fingerprint density at radius 2 is 1.90 bits per heavy atom. The molecule has 0 spiro atoms. The van der Waals surface area contributed by atoms with Crippen LogP contribution in [0, 0.1) is 0 Å². The van der Waals surface area contributed by atoms with E-state index >= 15 is 0 Å². The molecule has 0 amide bonds. The van der Waals surface area contributed by atoms with Crippen molar-refractivity contribution in [3.8, 4) is 0 Å². The van der Waals surface area contributed by atoms with Gasteiger partial charge < -0.3 is 9.15 Å². The molecular weight excluding hydrogens is 289 g/mol. The van der Waals surface area contributed by atoms with E-state index in [1.807, 2.05) is 0 Å². The highest BCUT2D eigenvalue weighted by Crippen LogP contribution is 2.29. The molecule has 0 fully saturated rings. The summed E-state index contributed by atoms with van der Waals surface area (Å²) < 4.78 is 47.0. The normalized spacial score (nSPS) is 11.4. The average molecular weight is 300 g/mol. The number of hydrogen-bond acceptors (Lipinski definition) is 5. The van der Waals surface area contributed by atoms with Crippen LogP contribution in [0.1, 0.15) is 34.6 Å². The number of alkyl halides is 3. The Labute approximate surface area is 117 Å². The summed E-state index contributed by atoms with van der Waals surface area (Å²) in [6.45, 7) is 1.81. The molecule has 1 aromatic heterocycles. The lowest BCUT2D eigenvalue weighted by molar-refractivity contribution is -0.137. The molecule has 0 unspecified atom stereocenters. The zero-order chi connectivity index (χ0) is 15.5. The Morgan fingerprint density at radius 1 is 1.24 bits per heavy atom. The minimum Gasteiger partial charge on any atom is -0.459 e. The second-order valence-corrected chi connectivity index (χ2v) is 4.09. The zero-order valence-corrected chi connectivity index (χ0v) is 11.0. The maximum Gasteiger partial charge on any atom is 0.416 e. The van der Waals surface area contributed by atoms with Gasteiger partial charge in [0.2, 0.25) is 5.89 Å². The van der Waals surface area contributed by atoms with E-state index in [9.17, 15) is 18.0 Å². The number of rotatable bonds is 4. The molecule has 0 aliphatic heterocycles. The fraction of sp³-hybridized carbons (Fsp3) is 0.308. The summed E-state index contributed by atoms with van der Waals surface area (Å²) in [6.07, 6.45) is -4.25. The number of nitrogens with zero attached hydrogens (tertiary/aromatic N) is 2. The van der Waals surface area contributed by atoms with Gasteiger partial charge in [0.1, 0.15) is 0 Å². The molecule has 0 N–H and O–H groups in total. The van der Waals surface area contributed by atoms with Crippen molar-refractivity contribution in [3.05, 3.63) is 47.2 Å². The van der Waals surface area contributed by atoms with Crippen molar-refractivity contribution in [2.75, 3.05) is 6.61 Å². The van der Waals surface area contributed by atoms with Gasteiger partial charge in [0.15, 0.2) is 0 Å². The first-order valence-electron chi connectivity index (χ1n) is 6.05. The van der Waals surface area contributed by atoms with Crippen molar-refractivity contribution < 1.29 is 27.1 Å². The summed E-state index contributed by atoms with van der Waals surface area (Å²) in [6, 6.07) is 4.57. The lowest BCUT2D eigenvalue weighted by Crippen LogP contribution is -2.04. The van der Waals surface area contributed by atoms with Crippen LogP contribution in [0.2, 0.25) is 0 Å². The molecule has 0 saturated carbocycles. The number of carbonyl (C=O) groups is 1. The van der Waals surface area contributed by atoms with E-state index < -0.39 is 17.7 Å². The number of ether oxygens (including phenoxy) is 1. The van der Waals surface area contributed by atoms with Crippen LogP contribution in [0.4, 0.5) is 13.2 Å². The number of aromatic nitrogens is 2. The zero-order valence-electron chi connectivity index (χ0n) is 11.0. The first-order valence-corrected chi connectivity index (χ1v) is 6.05. The molecule has 0 bridgehead atoms. The van der Waals surface area contributed by atoms with Gasteiger partial charge in [0.05, 0.1) is 18.6 Å². The first-order chi connectivity index (χ1) is 9.90. The standard InChI is InChI=1S/C13H11F3N2O3/c1-2-20-12(19)11-18-17-10(21-11)7-8-3-5-9(6-4-8)13(14,15)16/h3-6H,2,7H2,1H3. The van der Waals surface area contributed by atoms with Gasteiger partial charge in [-0.3, -0.25) is 0 Å². The van der Waals surface area contributed by atoms with E-state index in [4.69, 9.17) is 4.42 Å². The Hall–Kier alpha value is -2.38. The van der Waals surface area contributed by atoms with Gasteiger partial charge in [0, 0.05) is 0 Å². The third-order valence-corrected chi connectivity index (χ3v) is 2.55. The Balaban J connectivity index is 2.07. The molecule has 21 heavy (non-hydrogen) atoms. The summed E-state index contributed by atoms with van der Waals surface area (Å²) in [5, 5.41) is 7.16. The summed E-state index contributed by atoms with van der Waals surface area (Å²) in [4.78, 5) is 11.3. The predicted octanol–water partition coefficient (Wildman–Crippen LogP) is 2.86. The molecule has 1 heterocycles. The predicted molar refractivity (Wildman–Crippen MR) is 64.5 cm³/mol. The molecule has 5 nitrogen and oxygen atoms in total. The topological polar surface area (TPSA) is 65.2 Å². The van der Waals surface area contributed by atoms with Crippen LogP contribution in [-0.4, -0.2) is 22.8 Å². The summed E-state index contributed by atoms with van der Waals surface area (Å²) in [5.74, 6) is -0.889. The number of carbonyl (C=O) groups excluding carboxylic acids is 1. The fourth-order valence-corrected chi connectivity index (χ4v) is 1.59. The van der Waals surface area contributed by atoms with Crippen LogP contribution < -0.4 is 0 Å². The van der Waals surface area contributed by atoms with Crippen LogP contribution in [0.25, 0.3) is 0 Å². The third kappa shape index (κ3) is 3.80. The van der Waals surface area contributed by atoms with Gasteiger partial charge in [-0.25, -0.2) is 4.79 Å². The molecule has 0 saturated heterocycles. The first kappa shape index (κ1) is 15.0. The van der Waals surface area contributed by atoms with Gasteiger partial charge in [-0.2, -0.15) is 13.2 Å². The van der Waals surface area contributed by atoms with Crippen molar-refractivity contribution in [1.82, 2.24) is 10.2 Å². The monoisotopic (exact) mass is 300 g/mol. The molecule has 2 rings (SSSR count). The van der Waals surface area contributed by atoms with E-state index in [1.54, 1.807) is 6.92 Å². The fourth-order valence-electron chi connectivity index (χ4n) is 1.59. The second kappa shape index (κ2) is 5.94. The Bertz CT molecular complexity index is 620. The number of hydrogen-bond donors (Lipinski definition) is 0. The van der Waals surface area contributed by atoms with Gasteiger partial charge in [0.25, 0.3) is 0 Å². The van der Waals surface area contributed by atoms with Crippen LogP contribution in [-0.2, 0) is 17.3 Å². The number of benzene rings is 1. The molecule has 0 radical (unpaired) electrons. The minimum absolute atomic E-state index is 0.123. The number of halogens is 3. The molecule has 0 aliphatic carbocycles. The highest BCUT2D eigenvalue weighted by molar-refractivity contribution is 5.83. The second-order valence-electron chi connectivity index (χ2n) is 4.09. The molecule has 0 aliphatic rings.